The van der Waals surface area contributed by atoms with E-state index >= 15 is 4.39 Å². The van der Waals surface area contributed by atoms with Gasteiger partial charge in [-0.2, -0.15) is 0 Å². The number of benzene rings is 3. The lowest BCUT2D eigenvalue weighted by atomic mass is 9.97. The number of halogens is 4. The number of hydrogen-bond acceptors (Lipinski definition) is 4. The fourth-order valence-corrected chi connectivity index (χ4v) is 5.15. The molecule has 0 aliphatic carbocycles. The van der Waals surface area contributed by atoms with Crippen molar-refractivity contribution in [2.75, 3.05) is 20.3 Å². The molecule has 5 nitrogen and oxygen atoms in total. The van der Waals surface area contributed by atoms with Crippen LogP contribution < -0.4 is 9.47 Å². The largest absolute Gasteiger partial charge is 0.440 e. The van der Waals surface area contributed by atoms with E-state index in [2.05, 4.69) is 0 Å². The van der Waals surface area contributed by atoms with Gasteiger partial charge in [0, 0.05) is 30.3 Å². The van der Waals surface area contributed by atoms with Crippen LogP contribution in [0.3, 0.4) is 0 Å². The van der Waals surface area contributed by atoms with E-state index in [9.17, 15) is 9.18 Å². The second-order valence-corrected chi connectivity index (χ2v) is 9.32. The Balaban J connectivity index is 1.57. The molecule has 1 fully saturated rings. The molecule has 5 rings (SSSR count). The summed E-state index contributed by atoms with van der Waals surface area (Å²) in [6.45, 7) is 0.890. The van der Waals surface area contributed by atoms with Gasteiger partial charge in [-0.05, 0) is 61.4 Å². The van der Waals surface area contributed by atoms with Crippen molar-refractivity contribution in [1.29, 1.82) is 0 Å². The Morgan fingerprint density at radius 1 is 1.09 bits per heavy atom. The van der Waals surface area contributed by atoms with Gasteiger partial charge in [-0.15, -0.1) is 0 Å². The van der Waals surface area contributed by atoms with Crippen LogP contribution in [0.15, 0.2) is 54.6 Å². The monoisotopic (exact) mass is 519 g/mol. The normalized spacial score (nSPS) is 20.9. The Kier molecular flexibility index (Phi) is 6.34. The first-order chi connectivity index (χ1) is 16.8. The van der Waals surface area contributed by atoms with Crippen LogP contribution in [-0.2, 0) is 10.5 Å². The Hall–Kier alpha value is -2.87. The highest BCUT2D eigenvalue weighted by Crippen LogP contribution is 2.50. The highest BCUT2D eigenvalue weighted by molar-refractivity contribution is 6.35. The van der Waals surface area contributed by atoms with Gasteiger partial charge in [0.1, 0.15) is 11.6 Å². The fourth-order valence-electron chi connectivity index (χ4n) is 4.62. The molecule has 0 spiro atoms. The standard InChI is InChI=1S/C26H21Cl2F2NO4/c1-33-14-18-3-2-10-31(18)25(32)19-12-23-24(13-22(19)30)35-26(34-23,15-4-7-17(29)8-5-15)20-9-6-16(27)11-21(20)28/h4-9,11-13,18H,2-3,10,14H2,1H3/t18-,26?/m0/s1. The van der Waals surface area contributed by atoms with Gasteiger partial charge in [0.2, 0.25) is 0 Å². The summed E-state index contributed by atoms with van der Waals surface area (Å²) in [5, 5.41) is 0.643. The van der Waals surface area contributed by atoms with E-state index in [0.29, 0.717) is 29.3 Å². The molecule has 9 heteroatoms. The molecular formula is C26H21Cl2F2NO4. The maximum absolute atomic E-state index is 15.2. The molecule has 0 aromatic heterocycles. The highest BCUT2D eigenvalue weighted by atomic mass is 35.5. The Morgan fingerprint density at radius 3 is 2.49 bits per heavy atom. The smallest absolute Gasteiger partial charge is 0.307 e. The van der Waals surface area contributed by atoms with Crippen molar-refractivity contribution in [2.45, 2.75) is 24.7 Å². The molecule has 2 atom stereocenters. The van der Waals surface area contributed by atoms with Gasteiger partial charge in [0.05, 0.1) is 28.8 Å². The third-order valence-electron chi connectivity index (χ3n) is 6.28. The molecule has 1 saturated heterocycles. The zero-order valence-corrected chi connectivity index (χ0v) is 20.2. The van der Waals surface area contributed by atoms with Crippen LogP contribution in [0, 0.1) is 11.6 Å². The van der Waals surface area contributed by atoms with Crippen LogP contribution in [-0.4, -0.2) is 37.1 Å². The second-order valence-electron chi connectivity index (χ2n) is 8.48. The third kappa shape index (κ3) is 4.22. The molecule has 3 aromatic rings. The van der Waals surface area contributed by atoms with Crippen LogP contribution in [0.2, 0.25) is 10.0 Å². The molecule has 1 unspecified atom stereocenters. The predicted molar refractivity (Wildman–Crippen MR) is 127 cm³/mol. The maximum atomic E-state index is 15.2. The number of likely N-dealkylation sites (tertiary alicyclic amines) is 1. The van der Waals surface area contributed by atoms with Crippen molar-refractivity contribution in [3.63, 3.8) is 0 Å². The van der Waals surface area contributed by atoms with E-state index in [4.69, 9.17) is 37.4 Å². The minimum Gasteiger partial charge on any atom is -0.440 e. The number of amides is 1. The van der Waals surface area contributed by atoms with E-state index in [1.807, 2.05) is 0 Å². The molecule has 35 heavy (non-hydrogen) atoms. The SMILES string of the molecule is COC[C@@H]1CCCN1C(=O)c1cc2c(cc1F)OC(c1ccc(F)cc1)(c1ccc(Cl)cc1Cl)O2. The van der Waals surface area contributed by atoms with Gasteiger partial charge in [0.15, 0.2) is 11.5 Å². The minimum atomic E-state index is -1.64. The number of rotatable bonds is 5. The van der Waals surface area contributed by atoms with Crippen molar-refractivity contribution in [3.05, 3.63) is 93.0 Å². The van der Waals surface area contributed by atoms with Crippen molar-refractivity contribution in [1.82, 2.24) is 4.90 Å². The zero-order chi connectivity index (χ0) is 24.7. The Bertz CT molecular complexity index is 1290. The van der Waals surface area contributed by atoms with Gasteiger partial charge in [-0.1, -0.05) is 23.2 Å². The lowest BCUT2D eigenvalue weighted by molar-refractivity contribution is -0.0459. The molecule has 2 heterocycles. The van der Waals surface area contributed by atoms with Crippen molar-refractivity contribution in [2.24, 2.45) is 0 Å². The molecule has 2 aliphatic heterocycles. The van der Waals surface area contributed by atoms with Gasteiger partial charge in [-0.3, -0.25) is 4.79 Å². The summed E-state index contributed by atoms with van der Waals surface area (Å²) in [5.74, 6) is -3.03. The number of nitrogens with zero attached hydrogens (tertiary/aromatic N) is 1. The minimum absolute atomic E-state index is 0.0873. The second kappa shape index (κ2) is 9.30. The summed E-state index contributed by atoms with van der Waals surface area (Å²) in [6.07, 6.45) is 1.60. The number of hydrogen-bond donors (Lipinski definition) is 0. The summed E-state index contributed by atoms with van der Waals surface area (Å²) in [5.41, 5.74) is 0.680. The first-order valence-electron chi connectivity index (χ1n) is 11.1. The average molecular weight is 520 g/mol. The first-order valence-corrected chi connectivity index (χ1v) is 11.8. The van der Waals surface area contributed by atoms with Gasteiger partial charge in [-0.25, -0.2) is 8.78 Å². The quantitative estimate of drug-likeness (QED) is 0.403. The highest BCUT2D eigenvalue weighted by Gasteiger charge is 2.48. The van der Waals surface area contributed by atoms with Crippen LogP contribution in [0.4, 0.5) is 8.78 Å². The molecular weight excluding hydrogens is 499 g/mol. The molecule has 2 aliphatic rings. The number of methoxy groups -OCH3 is 1. The zero-order valence-electron chi connectivity index (χ0n) is 18.7. The van der Waals surface area contributed by atoms with E-state index in [0.717, 1.165) is 18.9 Å². The number of ether oxygens (including phenoxy) is 3. The van der Waals surface area contributed by atoms with Crippen LogP contribution >= 0.6 is 23.2 Å². The van der Waals surface area contributed by atoms with E-state index < -0.39 is 23.3 Å². The van der Waals surface area contributed by atoms with E-state index in [-0.39, 0.29) is 28.1 Å². The van der Waals surface area contributed by atoms with E-state index in [1.165, 1.54) is 36.4 Å². The summed E-state index contributed by atoms with van der Waals surface area (Å²) in [4.78, 5) is 14.9. The molecule has 0 N–H and O–H groups in total. The average Bonchev–Trinajstić information content (AvgIpc) is 3.43. The van der Waals surface area contributed by atoms with Crippen LogP contribution in [0.25, 0.3) is 0 Å². The maximum Gasteiger partial charge on any atom is 0.307 e. The number of carbonyl (C=O) groups excluding carboxylic acids is 1. The lowest BCUT2D eigenvalue weighted by Crippen LogP contribution is -2.38. The van der Waals surface area contributed by atoms with Gasteiger partial charge >= 0.3 is 5.79 Å². The number of fused-ring (bicyclic) bond motifs is 1. The number of carbonyl (C=O) groups is 1. The van der Waals surface area contributed by atoms with Crippen LogP contribution in [0.5, 0.6) is 11.5 Å². The summed E-state index contributed by atoms with van der Waals surface area (Å²) in [7, 11) is 1.57. The fraction of sp³-hybridized carbons (Fsp3) is 0.269. The lowest BCUT2D eigenvalue weighted by Gasteiger charge is -2.29. The third-order valence-corrected chi connectivity index (χ3v) is 6.83. The van der Waals surface area contributed by atoms with Gasteiger partial charge in [0.25, 0.3) is 5.91 Å². The topological polar surface area (TPSA) is 48.0 Å². The summed E-state index contributed by atoms with van der Waals surface area (Å²) >= 11 is 12.6. The summed E-state index contributed by atoms with van der Waals surface area (Å²) in [6, 6.07) is 12.6. The predicted octanol–water partition coefficient (Wildman–Crippen LogP) is 6.20. The van der Waals surface area contributed by atoms with E-state index in [1.54, 1.807) is 24.1 Å². The molecule has 1 amide bonds. The first kappa shape index (κ1) is 23.9. The molecule has 0 bridgehead atoms. The Morgan fingerprint density at radius 2 is 1.80 bits per heavy atom. The van der Waals surface area contributed by atoms with Gasteiger partial charge < -0.3 is 19.1 Å². The summed E-state index contributed by atoms with van der Waals surface area (Å²) < 4.78 is 46.6. The molecule has 0 radical (unpaired) electrons. The molecule has 3 aromatic carbocycles. The van der Waals surface area contributed by atoms with Crippen molar-refractivity contribution in [3.8, 4) is 11.5 Å². The molecule has 182 valence electrons. The van der Waals surface area contributed by atoms with Crippen molar-refractivity contribution >= 4 is 29.1 Å². The van der Waals surface area contributed by atoms with Crippen molar-refractivity contribution < 1.29 is 27.8 Å². The Labute approximate surface area is 211 Å². The van der Waals surface area contributed by atoms with Crippen LogP contribution in [0.1, 0.15) is 34.3 Å². The molecule has 0 saturated carbocycles.